The Morgan fingerprint density at radius 2 is 1.94 bits per heavy atom. The molecule has 100 valence electrons. The van der Waals surface area contributed by atoms with E-state index in [0.717, 1.165) is 24.7 Å². The molecule has 1 aliphatic rings. The molecule has 4 nitrogen and oxygen atoms in total. The summed E-state index contributed by atoms with van der Waals surface area (Å²) in [6, 6.07) is 1.88. The summed E-state index contributed by atoms with van der Waals surface area (Å²) in [6.45, 7) is 7.23. The van der Waals surface area contributed by atoms with E-state index in [4.69, 9.17) is 5.73 Å². The Kier molecular flexibility index (Phi) is 4.17. The first-order chi connectivity index (χ1) is 8.73. The van der Waals surface area contributed by atoms with Crippen molar-refractivity contribution in [3.63, 3.8) is 0 Å². The van der Waals surface area contributed by atoms with Crippen molar-refractivity contribution in [1.29, 1.82) is 0 Å². The van der Waals surface area contributed by atoms with Gasteiger partial charge < -0.3 is 10.6 Å². The molecule has 0 bridgehead atoms. The molecule has 1 aliphatic heterocycles. The second-order valence-corrected chi connectivity index (χ2v) is 5.25. The van der Waals surface area contributed by atoms with Crippen LogP contribution in [0, 0.1) is 5.41 Å². The zero-order chi connectivity index (χ0) is 13.0. The maximum atomic E-state index is 5.63. The topological polar surface area (TPSA) is 55.0 Å². The Balaban J connectivity index is 2.04. The smallest absolute Gasteiger partial charge is 0.225 e. The zero-order valence-electron chi connectivity index (χ0n) is 11.5. The summed E-state index contributed by atoms with van der Waals surface area (Å²) < 4.78 is 0. The molecule has 2 heterocycles. The monoisotopic (exact) mass is 248 g/mol. The van der Waals surface area contributed by atoms with Gasteiger partial charge >= 0.3 is 0 Å². The van der Waals surface area contributed by atoms with Crippen molar-refractivity contribution in [2.24, 2.45) is 11.1 Å². The Morgan fingerprint density at radius 1 is 1.28 bits per heavy atom. The quantitative estimate of drug-likeness (QED) is 0.888. The lowest BCUT2D eigenvalue weighted by Gasteiger charge is -2.41. The van der Waals surface area contributed by atoms with Gasteiger partial charge in [0.15, 0.2) is 0 Å². The van der Waals surface area contributed by atoms with Gasteiger partial charge in [-0.1, -0.05) is 26.7 Å². The fourth-order valence-corrected chi connectivity index (χ4v) is 2.79. The van der Waals surface area contributed by atoms with Gasteiger partial charge in [0.2, 0.25) is 5.95 Å². The van der Waals surface area contributed by atoms with Crippen LogP contribution < -0.4 is 10.6 Å². The van der Waals surface area contributed by atoms with Gasteiger partial charge in [0.1, 0.15) is 0 Å². The van der Waals surface area contributed by atoms with Crippen LogP contribution >= 0.6 is 0 Å². The molecular weight excluding hydrogens is 224 g/mol. The SMILES string of the molecule is CCC1(CC)CCN(c2nccc(CN)n2)CC1. The Hall–Kier alpha value is -1.16. The fraction of sp³-hybridized carbons (Fsp3) is 0.714. The molecular formula is C14H24N4. The van der Waals surface area contributed by atoms with Gasteiger partial charge in [-0.25, -0.2) is 9.97 Å². The predicted octanol–water partition coefficient (Wildman–Crippen LogP) is 2.34. The van der Waals surface area contributed by atoms with Crippen molar-refractivity contribution in [1.82, 2.24) is 9.97 Å². The number of aromatic nitrogens is 2. The van der Waals surface area contributed by atoms with E-state index in [9.17, 15) is 0 Å². The molecule has 0 unspecified atom stereocenters. The van der Waals surface area contributed by atoms with Crippen molar-refractivity contribution in [3.05, 3.63) is 18.0 Å². The number of anilines is 1. The van der Waals surface area contributed by atoms with Crippen molar-refractivity contribution in [3.8, 4) is 0 Å². The summed E-state index contributed by atoms with van der Waals surface area (Å²) in [5.74, 6) is 0.846. The zero-order valence-corrected chi connectivity index (χ0v) is 11.5. The molecule has 0 aliphatic carbocycles. The van der Waals surface area contributed by atoms with Gasteiger partial charge in [-0.05, 0) is 24.3 Å². The molecule has 1 aromatic heterocycles. The Bertz CT molecular complexity index is 377. The first-order valence-corrected chi connectivity index (χ1v) is 7.00. The fourth-order valence-electron chi connectivity index (χ4n) is 2.79. The van der Waals surface area contributed by atoms with Crippen molar-refractivity contribution in [2.45, 2.75) is 46.1 Å². The highest BCUT2D eigenvalue weighted by atomic mass is 15.3. The van der Waals surface area contributed by atoms with E-state index in [2.05, 4.69) is 28.7 Å². The third-order valence-corrected chi connectivity index (χ3v) is 4.52. The van der Waals surface area contributed by atoms with Gasteiger partial charge in [-0.2, -0.15) is 0 Å². The molecule has 2 N–H and O–H groups in total. The number of hydrogen-bond acceptors (Lipinski definition) is 4. The maximum absolute atomic E-state index is 5.63. The lowest BCUT2D eigenvalue weighted by molar-refractivity contribution is 0.198. The molecule has 0 amide bonds. The van der Waals surface area contributed by atoms with E-state index < -0.39 is 0 Å². The van der Waals surface area contributed by atoms with Crippen molar-refractivity contribution < 1.29 is 0 Å². The lowest BCUT2D eigenvalue weighted by atomic mass is 9.74. The van der Waals surface area contributed by atoms with E-state index in [-0.39, 0.29) is 0 Å². The summed E-state index contributed by atoms with van der Waals surface area (Å²) in [4.78, 5) is 11.2. The standard InChI is InChI=1S/C14H24N4/c1-3-14(4-2)6-9-18(10-7-14)13-16-8-5-12(11-15)17-13/h5,8H,3-4,6-7,9-11,15H2,1-2H3. The van der Waals surface area contributed by atoms with Gasteiger partial charge in [-0.15, -0.1) is 0 Å². The average Bonchev–Trinajstić information content (AvgIpc) is 2.47. The second kappa shape index (κ2) is 5.65. The first-order valence-electron chi connectivity index (χ1n) is 7.00. The minimum Gasteiger partial charge on any atom is -0.341 e. The molecule has 18 heavy (non-hydrogen) atoms. The molecule has 0 spiro atoms. The third-order valence-electron chi connectivity index (χ3n) is 4.52. The number of rotatable bonds is 4. The van der Waals surface area contributed by atoms with Crippen LogP contribution in [0.5, 0.6) is 0 Å². The normalized spacial score (nSPS) is 18.9. The minimum absolute atomic E-state index is 0.483. The largest absolute Gasteiger partial charge is 0.341 e. The lowest BCUT2D eigenvalue weighted by Crippen LogP contribution is -2.40. The van der Waals surface area contributed by atoms with E-state index >= 15 is 0 Å². The van der Waals surface area contributed by atoms with Crippen LogP contribution in [0.2, 0.25) is 0 Å². The van der Waals surface area contributed by atoms with E-state index in [1.54, 1.807) is 0 Å². The molecule has 4 heteroatoms. The molecule has 2 rings (SSSR count). The van der Waals surface area contributed by atoms with E-state index in [0.29, 0.717) is 12.0 Å². The van der Waals surface area contributed by atoms with Crippen LogP contribution in [-0.4, -0.2) is 23.1 Å². The van der Waals surface area contributed by atoms with Crippen LogP contribution in [-0.2, 0) is 6.54 Å². The number of piperidine rings is 1. The van der Waals surface area contributed by atoms with Crippen LogP contribution in [0.15, 0.2) is 12.3 Å². The molecule has 0 atom stereocenters. The van der Waals surface area contributed by atoms with E-state index in [1.807, 2.05) is 12.3 Å². The Morgan fingerprint density at radius 3 is 2.50 bits per heavy atom. The van der Waals surface area contributed by atoms with Crippen LogP contribution in [0.3, 0.4) is 0 Å². The van der Waals surface area contributed by atoms with Gasteiger partial charge in [0.25, 0.3) is 0 Å². The average molecular weight is 248 g/mol. The Labute approximate surface area is 110 Å². The molecule has 1 aromatic rings. The summed E-state index contributed by atoms with van der Waals surface area (Å²) in [6.07, 6.45) is 6.86. The minimum atomic E-state index is 0.483. The number of nitrogens with two attached hydrogens (primary N) is 1. The summed E-state index contributed by atoms with van der Waals surface area (Å²) in [7, 11) is 0. The highest BCUT2D eigenvalue weighted by molar-refractivity contribution is 5.31. The van der Waals surface area contributed by atoms with Gasteiger partial charge in [0, 0.05) is 25.8 Å². The first kappa shape index (κ1) is 13.3. The third kappa shape index (κ3) is 2.64. The summed E-state index contributed by atoms with van der Waals surface area (Å²) in [5.41, 5.74) is 7.09. The molecule has 0 saturated carbocycles. The van der Waals surface area contributed by atoms with Crippen molar-refractivity contribution in [2.75, 3.05) is 18.0 Å². The predicted molar refractivity (Wildman–Crippen MR) is 74.4 cm³/mol. The number of hydrogen-bond donors (Lipinski definition) is 1. The van der Waals surface area contributed by atoms with E-state index in [1.165, 1.54) is 25.7 Å². The van der Waals surface area contributed by atoms with Crippen LogP contribution in [0.25, 0.3) is 0 Å². The van der Waals surface area contributed by atoms with Crippen molar-refractivity contribution >= 4 is 5.95 Å². The molecule has 1 saturated heterocycles. The molecule has 0 aromatic carbocycles. The summed E-state index contributed by atoms with van der Waals surface area (Å²) in [5, 5.41) is 0. The highest BCUT2D eigenvalue weighted by Crippen LogP contribution is 2.38. The van der Waals surface area contributed by atoms with Crippen LogP contribution in [0.1, 0.15) is 45.2 Å². The molecule has 0 radical (unpaired) electrons. The molecule has 1 fully saturated rings. The highest BCUT2D eigenvalue weighted by Gasteiger charge is 2.31. The van der Waals surface area contributed by atoms with Crippen LogP contribution in [0.4, 0.5) is 5.95 Å². The van der Waals surface area contributed by atoms with Gasteiger partial charge in [0.05, 0.1) is 5.69 Å². The van der Waals surface area contributed by atoms with Gasteiger partial charge in [-0.3, -0.25) is 0 Å². The second-order valence-electron chi connectivity index (χ2n) is 5.25. The maximum Gasteiger partial charge on any atom is 0.225 e. The summed E-state index contributed by atoms with van der Waals surface area (Å²) >= 11 is 0. The number of nitrogens with zero attached hydrogens (tertiary/aromatic N) is 3.